The van der Waals surface area contributed by atoms with Crippen molar-refractivity contribution in [1.82, 2.24) is 4.57 Å². The lowest BCUT2D eigenvalue weighted by Gasteiger charge is -2.32. The zero-order valence-electron chi connectivity index (χ0n) is 22.9. The summed E-state index contributed by atoms with van der Waals surface area (Å²) in [5, 5.41) is 1.32. The van der Waals surface area contributed by atoms with Gasteiger partial charge in [-0.25, -0.2) is 0 Å². The van der Waals surface area contributed by atoms with Gasteiger partial charge in [0.15, 0.2) is 0 Å². The van der Waals surface area contributed by atoms with Gasteiger partial charge in [-0.05, 0) is 75.9 Å². The van der Waals surface area contributed by atoms with E-state index in [1.54, 1.807) is 0 Å². The molecule has 1 unspecified atom stereocenters. The van der Waals surface area contributed by atoms with Crippen LogP contribution in [0.2, 0.25) is 0 Å². The molecule has 3 aromatic rings. The quantitative estimate of drug-likeness (QED) is 0.252. The summed E-state index contributed by atoms with van der Waals surface area (Å²) < 4.78 is 2.46. The minimum atomic E-state index is -0.421. The predicted octanol–water partition coefficient (Wildman–Crippen LogP) is 8.38. The zero-order chi connectivity index (χ0) is 25.5. The molecule has 2 heterocycles. The Hall–Kier alpha value is -3.07. The third-order valence-corrected chi connectivity index (χ3v) is 7.84. The maximum absolute atomic E-state index is 4.81. The molecule has 0 saturated carbocycles. The lowest BCUT2D eigenvalue weighted by molar-refractivity contribution is 0.661. The number of nitrogens with zero attached hydrogens (tertiary/aromatic N) is 3. The van der Waals surface area contributed by atoms with Crippen LogP contribution >= 0.6 is 0 Å². The van der Waals surface area contributed by atoms with E-state index in [4.69, 9.17) is 4.99 Å². The molecule has 0 bridgehead atoms. The SMILES string of the molecule is CCCCCCc1cc(N(CC)CC)ccc1C1(c2c(C)n(CC)c3ccccc23)C=CC=CN=C1. The third kappa shape index (κ3) is 4.81. The van der Waals surface area contributed by atoms with Crippen molar-refractivity contribution in [2.75, 3.05) is 18.0 Å². The molecule has 0 saturated heterocycles. The lowest BCUT2D eigenvalue weighted by atomic mass is 9.71. The molecule has 4 rings (SSSR count). The van der Waals surface area contributed by atoms with Crippen molar-refractivity contribution >= 4 is 22.8 Å². The Morgan fingerprint density at radius 1 is 0.917 bits per heavy atom. The number of unbranched alkanes of at least 4 members (excludes halogenated alkanes) is 3. The third-order valence-electron chi connectivity index (χ3n) is 7.84. The van der Waals surface area contributed by atoms with E-state index in [1.165, 1.54) is 64.7 Å². The predicted molar refractivity (Wildman–Crippen MR) is 158 cm³/mol. The Morgan fingerprint density at radius 3 is 2.47 bits per heavy atom. The van der Waals surface area contributed by atoms with E-state index in [2.05, 4.69) is 111 Å². The van der Waals surface area contributed by atoms with Crippen LogP contribution in [0.15, 0.2) is 71.9 Å². The van der Waals surface area contributed by atoms with Crippen molar-refractivity contribution in [1.29, 1.82) is 0 Å². The van der Waals surface area contributed by atoms with Crippen molar-refractivity contribution in [3.63, 3.8) is 0 Å². The maximum Gasteiger partial charge on any atom is 0.0764 e. The van der Waals surface area contributed by atoms with E-state index in [-0.39, 0.29) is 0 Å². The summed E-state index contributed by atoms with van der Waals surface area (Å²) in [6.45, 7) is 14.3. The first kappa shape index (κ1) is 26.0. The number of benzene rings is 2. The summed E-state index contributed by atoms with van der Waals surface area (Å²) in [6.07, 6.45) is 16.8. The van der Waals surface area contributed by atoms with E-state index in [1.807, 2.05) is 6.20 Å². The van der Waals surface area contributed by atoms with Gasteiger partial charge in [0.1, 0.15) is 0 Å². The number of hydrogen-bond donors (Lipinski definition) is 0. The molecule has 190 valence electrons. The van der Waals surface area contributed by atoms with E-state index < -0.39 is 5.41 Å². The van der Waals surface area contributed by atoms with Gasteiger partial charge in [0, 0.05) is 59.9 Å². The van der Waals surface area contributed by atoms with Crippen LogP contribution < -0.4 is 4.90 Å². The Balaban J connectivity index is 1.98. The summed E-state index contributed by atoms with van der Waals surface area (Å²) in [5.41, 5.74) is 7.69. The number of aliphatic imine (C=N–C) groups is 1. The average Bonchev–Trinajstić information content (AvgIpc) is 3.02. The first-order chi connectivity index (χ1) is 17.6. The van der Waals surface area contributed by atoms with Crippen LogP contribution in [0.3, 0.4) is 0 Å². The first-order valence-electron chi connectivity index (χ1n) is 14.0. The fourth-order valence-corrected chi connectivity index (χ4v) is 6.03. The molecular weight excluding hydrogens is 438 g/mol. The first-order valence-corrected chi connectivity index (χ1v) is 14.0. The zero-order valence-corrected chi connectivity index (χ0v) is 22.9. The van der Waals surface area contributed by atoms with Gasteiger partial charge in [-0.3, -0.25) is 4.99 Å². The maximum atomic E-state index is 4.81. The van der Waals surface area contributed by atoms with Crippen LogP contribution in [0, 0.1) is 6.92 Å². The number of allylic oxidation sites excluding steroid dienone is 3. The number of anilines is 1. The van der Waals surface area contributed by atoms with E-state index in [0.29, 0.717) is 0 Å². The number of para-hydroxylation sites is 1. The smallest absolute Gasteiger partial charge is 0.0764 e. The summed E-state index contributed by atoms with van der Waals surface area (Å²) in [5.74, 6) is 0. The standard InChI is InChI=1S/C33H43N3/c1-6-10-11-12-17-27-24-28(35(7-2)8-3)20-21-30(27)33(22-15-16-23-34-25-33)32-26(5)36(9-4)31-19-14-13-18-29(31)32/h13-16,18-25H,6-12,17H2,1-5H3. The monoisotopic (exact) mass is 481 g/mol. The summed E-state index contributed by atoms with van der Waals surface area (Å²) in [4.78, 5) is 7.27. The topological polar surface area (TPSA) is 20.5 Å². The van der Waals surface area contributed by atoms with Gasteiger partial charge in [-0.2, -0.15) is 0 Å². The van der Waals surface area contributed by atoms with Gasteiger partial charge < -0.3 is 9.47 Å². The highest BCUT2D eigenvalue weighted by Gasteiger charge is 2.37. The molecule has 1 aliphatic rings. The molecule has 1 atom stereocenters. The second-order valence-corrected chi connectivity index (χ2v) is 9.89. The molecule has 0 fully saturated rings. The van der Waals surface area contributed by atoms with Crippen LogP contribution in [0.25, 0.3) is 10.9 Å². The molecule has 0 spiro atoms. The molecular formula is C33H43N3. The summed E-state index contributed by atoms with van der Waals surface area (Å²) in [7, 11) is 0. The molecule has 0 N–H and O–H groups in total. The van der Waals surface area contributed by atoms with Gasteiger partial charge in [-0.1, -0.05) is 62.6 Å². The minimum absolute atomic E-state index is 0.421. The lowest BCUT2D eigenvalue weighted by Crippen LogP contribution is -2.30. The molecule has 1 aromatic heterocycles. The van der Waals surface area contributed by atoms with Crippen molar-refractivity contribution < 1.29 is 0 Å². The van der Waals surface area contributed by atoms with Crippen LogP contribution in [0.4, 0.5) is 5.69 Å². The Morgan fingerprint density at radius 2 is 1.72 bits per heavy atom. The highest BCUT2D eigenvalue weighted by molar-refractivity contribution is 5.96. The Kier molecular flexibility index (Phi) is 8.51. The molecule has 36 heavy (non-hydrogen) atoms. The normalized spacial score (nSPS) is 17.1. The highest BCUT2D eigenvalue weighted by atomic mass is 15.1. The number of aryl methyl sites for hydroxylation is 2. The number of hydrogen-bond acceptors (Lipinski definition) is 2. The molecule has 0 amide bonds. The molecule has 0 aliphatic carbocycles. The number of fused-ring (bicyclic) bond motifs is 1. The van der Waals surface area contributed by atoms with Gasteiger partial charge >= 0.3 is 0 Å². The second kappa shape index (κ2) is 11.8. The Bertz CT molecular complexity index is 1240. The highest BCUT2D eigenvalue weighted by Crippen LogP contribution is 2.43. The van der Waals surface area contributed by atoms with Crippen molar-refractivity contribution in [2.24, 2.45) is 4.99 Å². The van der Waals surface area contributed by atoms with Crippen LogP contribution in [-0.2, 0) is 18.4 Å². The van der Waals surface area contributed by atoms with E-state index in [9.17, 15) is 0 Å². The molecule has 1 aliphatic heterocycles. The van der Waals surface area contributed by atoms with Crippen molar-refractivity contribution in [3.05, 3.63) is 89.3 Å². The van der Waals surface area contributed by atoms with Crippen molar-refractivity contribution in [2.45, 2.75) is 78.7 Å². The average molecular weight is 482 g/mol. The number of aromatic nitrogens is 1. The molecule has 3 nitrogen and oxygen atoms in total. The summed E-state index contributed by atoms with van der Waals surface area (Å²) >= 11 is 0. The van der Waals surface area contributed by atoms with Gasteiger partial charge in [0.2, 0.25) is 0 Å². The molecule has 0 radical (unpaired) electrons. The fourth-order valence-electron chi connectivity index (χ4n) is 6.03. The minimum Gasteiger partial charge on any atom is -0.372 e. The van der Waals surface area contributed by atoms with E-state index >= 15 is 0 Å². The summed E-state index contributed by atoms with van der Waals surface area (Å²) in [6, 6.07) is 16.1. The van der Waals surface area contributed by atoms with Crippen molar-refractivity contribution in [3.8, 4) is 0 Å². The van der Waals surface area contributed by atoms with Crippen LogP contribution in [-0.4, -0.2) is 23.9 Å². The number of rotatable bonds is 11. The molecule has 2 aromatic carbocycles. The van der Waals surface area contributed by atoms with Gasteiger partial charge in [0.05, 0.1) is 5.41 Å². The Labute approximate surface area is 218 Å². The van der Waals surface area contributed by atoms with Crippen LogP contribution in [0.1, 0.15) is 75.8 Å². The fraction of sp³-hybridized carbons (Fsp3) is 0.424. The van der Waals surface area contributed by atoms with Gasteiger partial charge in [0.25, 0.3) is 0 Å². The van der Waals surface area contributed by atoms with Crippen LogP contribution in [0.5, 0.6) is 0 Å². The largest absolute Gasteiger partial charge is 0.372 e. The molecule has 3 heteroatoms. The van der Waals surface area contributed by atoms with Gasteiger partial charge in [-0.15, -0.1) is 0 Å². The van der Waals surface area contributed by atoms with E-state index in [0.717, 1.165) is 26.1 Å². The second-order valence-electron chi connectivity index (χ2n) is 9.89.